The summed E-state index contributed by atoms with van der Waals surface area (Å²) in [5.74, 6) is 0.149. The summed E-state index contributed by atoms with van der Waals surface area (Å²) in [6.45, 7) is 6.30. The molecule has 1 atom stereocenters. The number of carbonyl (C=O) groups is 1. The molecule has 1 rings (SSSR count). The summed E-state index contributed by atoms with van der Waals surface area (Å²) in [6, 6.07) is 0.493. The summed E-state index contributed by atoms with van der Waals surface area (Å²) in [4.78, 5) is 14.4. The topological polar surface area (TPSA) is 58.4 Å². The lowest BCUT2D eigenvalue weighted by atomic mass is 9.93. The van der Waals surface area contributed by atoms with Crippen molar-refractivity contribution in [1.29, 1.82) is 0 Å². The van der Waals surface area contributed by atoms with E-state index >= 15 is 0 Å². The Morgan fingerprint density at radius 3 is 2.61 bits per heavy atom. The molecule has 106 valence electrons. The summed E-state index contributed by atoms with van der Waals surface area (Å²) >= 11 is 0. The van der Waals surface area contributed by atoms with E-state index in [1.54, 1.807) is 0 Å². The molecule has 0 aromatic rings. The van der Waals surface area contributed by atoms with Crippen molar-refractivity contribution >= 4 is 5.91 Å². The summed E-state index contributed by atoms with van der Waals surface area (Å²) in [7, 11) is 0. The van der Waals surface area contributed by atoms with E-state index in [4.69, 9.17) is 5.73 Å². The van der Waals surface area contributed by atoms with Crippen LogP contribution in [0.3, 0.4) is 0 Å². The van der Waals surface area contributed by atoms with E-state index in [9.17, 15) is 4.79 Å². The third kappa shape index (κ3) is 4.58. The van der Waals surface area contributed by atoms with Gasteiger partial charge in [0.2, 0.25) is 5.91 Å². The monoisotopic (exact) mass is 255 g/mol. The zero-order chi connectivity index (χ0) is 13.4. The Bertz CT molecular complexity index is 239. The summed E-state index contributed by atoms with van der Waals surface area (Å²) in [5, 5.41) is 2.99. The molecule has 0 heterocycles. The van der Waals surface area contributed by atoms with E-state index in [-0.39, 0.29) is 11.9 Å². The molecule has 1 fully saturated rings. The van der Waals surface area contributed by atoms with Gasteiger partial charge in [-0.1, -0.05) is 26.2 Å². The largest absolute Gasteiger partial charge is 0.355 e. The Balaban J connectivity index is 2.55. The zero-order valence-electron chi connectivity index (χ0n) is 12.0. The van der Waals surface area contributed by atoms with E-state index in [2.05, 4.69) is 17.1 Å². The maximum Gasteiger partial charge on any atom is 0.237 e. The van der Waals surface area contributed by atoms with Gasteiger partial charge in [-0.05, 0) is 26.2 Å². The Morgan fingerprint density at radius 1 is 1.39 bits per heavy atom. The second kappa shape index (κ2) is 8.48. The molecule has 0 aromatic carbocycles. The van der Waals surface area contributed by atoms with Gasteiger partial charge < -0.3 is 11.1 Å². The zero-order valence-corrected chi connectivity index (χ0v) is 12.0. The molecule has 4 heteroatoms. The van der Waals surface area contributed by atoms with Crippen molar-refractivity contribution in [2.75, 3.05) is 19.6 Å². The lowest BCUT2D eigenvalue weighted by molar-refractivity contribution is -0.127. The first-order valence-corrected chi connectivity index (χ1v) is 7.44. The molecule has 18 heavy (non-hydrogen) atoms. The van der Waals surface area contributed by atoms with E-state index in [0.717, 1.165) is 19.5 Å². The van der Waals surface area contributed by atoms with Gasteiger partial charge in [-0.3, -0.25) is 9.69 Å². The molecule has 1 saturated carbocycles. The van der Waals surface area contributed by atoms with Crippen molar-refractivity contribution in [3.63, 3.8) is 0 Å². The van der Waals surface area contributed by atoms with Crippen LogP contribution in [0.25, 0.3) is 0 Å². The Labute approximate surface area is 111 Å². The maximum absolute atomic E-state index is 12.1. The molecule has 4 nitrogen and oxygen atoms in total. The third-order valence-corrected chi connectivity index (χ3v) is 3.86. The van der Waals surface area contributed by atoms with Gasteiger partial charge in [0, 0.05) is 25.7 Å². The number of nitrogens with zero attached hydrogens (tertiary/aromatic N) is 1. The maximum atomic E-state index is 12.1. The van der Waals surface area contributed by atoms with Gasteiger partial charge in [-0.2, -0.15) is 0 Å². The molecule has 1 aliphatic rings. The third-order valence-electron chi connectivity index (χ3n) is 3.86. The van der Waals surface area contributed by atoms with Crippen molar-refractivity contribution in [3.05, 3.63) is 0 Å². The number of amides is 1. The number of nitrogens with two attached hydrogens (primary N) is 1. The van der Waals surface area contributed by atoms with Crippen LogP contribution >= 0.6 is 0 Å². The van der Waals surface area contributed by atoms with Crippen LogP contribution in [0.15, 0.2) is 0 Å². The number of nitrogens with one attached hydrogen (secondary N) is 1. The first-order chi connectivity index (χ1) is 8.70. The van der Waals surface area contributed by atoms with Gasteiger partial charge in [0.1, 0.15) is 0 Å². The fourth-order valence-electron chi connectivity index (χ4n) is 2.80. The standard InChI is InChI=1S/C14H29N3O/c1-3-10-16-14(18)12(2)17(11-9-15)13-7-5-4-6-8-13/h12-13H,3-11,15H2,1-2H3,(H,16,18). The Kier molecular flexibility index (Phi) is 7.28. The van der Waals surface area contributed by atoms with Crippen LogP contribution in [0, 0.1) is 0 Å². The summed E-state index contributed by atoms with van der Waals surface area (Å²) in [5.41, 5.74) is 5.70. The van der Waals surface area contributed by atoms with E-state index in [1.165, 1.54) is 32.1 Å². The molecule has 0 aliphatic heterocycles. The van der Waals surface area contributed by atoms with E-state index in [0.29, 0.717) is 12.6 Å². The molecular formula is C14H29N3O. The van der Waals surface area contributed by atoms with Gasteiger partial charge in [0.05, 0.1) is 6.04 Å². The average molecular weight is 255 g/mol. The first kappa shape index (κ1) is 15.4. The minimum absolute atomic E-state index is 0.0526. The van der Waals surface area contributed by atoms with Gasteiger partial charge in [-0.25, -0.2) is 0 Å². The average Bonchev–Trinajstić information content (AvgIpc) is 2.42. The minimum Gasteiger partial charge on any atom is -0.355 e. The van der Waals surface area contributed by atoms with E-state index in [1.807, 2.05) is 6.92 Å². The number of hydrogen-bond acceptors (Lipinski definition) is 3. The lowest BCUT2D eigenvalue weighted by Gasteiger charge is -2.37. The van der Waals surface area contributed by atoms with Crippen LogP contribution in [0.1, 0.15) is 52.4 Å². The van der Waals surface area contributed by atoms with Crippen LogP contribution in [-0.2, 0) is 4.79 Å². The highest BCUT2D eigenvalue weighted by Crippen LogP contribution is 2.23. The Hall–Kier alpha value is -0.610. The van der Waals surface area contributed by atoms with Crippen LogP contribution in [0.5, 0.6) is 0 Å². The second-order valence-electron chi connectivity index (χ2n) is 5.29. The molecule has 1 aliphatic carbocycles. The van der Waals surface area contributed by atoms with Crippen LogP contribution in [0.4, 0.5) is 0 Å². The molecule has 0 bridgehead atoms. The van der Waals surface area contributed by atoms with Crippen molar-refractivity contribution in [3.8, 4) is 0 Å². The van der Waals surface area contributed by atoms with Gasteiger partial charge in [0.25, 0.3) is 0 Å². The van der Waals surface area contributed by atoms with E-state index < -0.39 is 0 Å². The molecule has 3 N–H and O–H groups in total. The normalized spacial score (nSPS) is 18.9. The van der Waals surface area contributed by atoms with Gasteiger partial charge in [-0.15, -0.1) is 0 Å². The fourth-order valence-corrected chi connectivity index (χ4v) is 2.80. The molecular weight excluding hydrogens is 226 g/mol. The molecule has 0 spiro atoms. The number of hydrogen-bond donors (Lipinski definition) is 2. The van der Waals surface area contributed by atoms with Gasteiger partial charge >= 0.3 is 0 Å². The molecule has 1 unspecified atom stereocenters. The van der Waals surface area contributed by atoms with Crippen molar-refractivity contribution < 1.29 is 4.79 Å². The highest BCUT2D eigenvalue weighted by atomic mass is 16.2. The highest BCUT2D eigenvalue weighted by molar-refractivity contribution is 5.81. The van der Waals surface area contributed by atoms with Crippen LogP contribution in [0.2, 0.25) is 0 Å². The van der Waals surface area contributed by atoms with Crippen molar-refractivity contribution in [2.45, 2.75) is 64.5 Å². The molecule has 0 saturated heterocycles. The molecule has 1 amide bonds. The lowest BCUT2D eigenvalue weighted by Crippen LogP contribution is -2.52. The first-order valence-electron chi connectivity index (χ1n) is 7.44. The predicted molar refractivity (Wildman–Crippen MR) is 75.4 cm³/mol. The molecule has 0 aromatic heterocycles. The predicted octanol–water partition coefficient (Wildman–Crippen LogP) is 1.49. The fraction of sp³-hybridized carbons (Fsp3) is 0.929. The quantitative estimate of drug-likeness (QED) is 0.725. The van der Waals surface area contributed by atoms with Gasteiger partial charge in [0.15, 0.2) is 0 Å². The second-order valence-corrected chi connectivity index (χ2v) is 5.29. The summed E-state index contributed by atoms with van der Waals surface area (Å²) < 4.78 is 0. The SMILES string of the molecule is CCCNC(=O)C(C)N(CCN)C1CCCCC1. The van der Waals surface area contributed by atoms with Crippen molar-refractivity contribution in [1.82, 2.24) is 10.2 Å². The van der Waals surface area contributed by atoms with Crippen LogP contribution in [-0.4, -0.2) is 42.5 Å². The van der Waals surface area contributed by atoms with Crippen LogP contribution < -0.4 is 11.1 Å². The molecule has 0 radical (unpaired) electrons. The Morgan fingerprint density at radius 2 is 2.06 bits per heavy atom. The summed E-state index contributed by atoms with van der Waals surface area (Å²) in [6.07, 6.45) is 7.32. The number of rotatable bonds is 7. The smallest absolute Gasteiger partial charge is 0.237 e. The minimum atomic E-state index is -0.0526. The number of carbonyl (C=O) groups excluding carboxylic acids is 1. The van der Waals surface area contributed by atoms with Crippen molar-refractivity contribution in [2.24, 2.45) is 5.73 Å². The highest BCUT2D eigenvalue weighted by Gasteiger charge is 2.28.